The first kappa shape index (κ1) is 18.3. The highest BCUT2D eigenvalue weighted by molar-refractivity contribution is 8.17. The summed E-state index contributed by atoms with van der Waals surface area (Å²) >= 11 is 1.20. The summed E-state index contributed by atoms with van der Waals surface area (Å²) in [5.41, 5.74) is 2.78. The van der Waals surface area contributed by atoms with E-state index in [0.29, 0.717) is 22.6 Å². The molecule has 0 atom stereocenters. The maximum absolute atomic E-state index is 11.6. The number of benzene rings is 1. The number of nitrogens with one attached hydrogen (secondary N) is 1. The van der Waals surface area contributed by atoms with Crippen LogP contribution in [0, 0.1) is 18.3 Å². The monoisotopic (exact) mass is 363 g/mol. The average Bonchev–Trinajstić information content (AvgIpc) is 3.02. The topological polar surface area (TPSA) is 91.6 Å². The van der Waals surface area contributed by atoms with Crippen LogP contribution in [-0.4, -0.2) is 20.0 Å². The minimum atomic E-state index is -3.94. The number of hydrogen-bond acceptors (Lipinski definition) is 6. The van der Waals surface area contributed by atoms with Gasteiger partial charge in [-0.2, -0.15) is 18.4 Å². The predicted molar refractivity (Wildman–Crippen MR) is 96.2 cm³/mol. The maximum atomic E-state index is 11.6. The quantitative estimate of drug-likeness (QED) is 0.619. The van der Waals surface area contributed by atoms with Crippen molar-refractivity contribution in [2.24, 2.45) is 5.16 Å². The SMILES string of the molecule is CCCNS(=O)(=O)O/N=C1\SC=C\C1=C(\C#N)c1ccc(C)cc1. The van der Waals surface area contributed by atoms with Gasteiger partial charge in [0.25, 0.3) is 0 Å². The van der Waals surface area contributed by atoms with E-state index < -0.39 is 10.3 Å². The van der Waals surface area contributed by atoms with Crippen LogP contribution in [0.15, 0.2) is 46.5 Å². The van der Waals surface area contributed by atoms with Crippen LogP contribution in [0.25, 0.3) is 5.57 Å². The Morgan fingerprint density at radius 3 is 2.71 bits per heavy atom. The van der Waals surface area contributed by atoms with Crippen LogP contribution in [0.1, 0.15) is 24.5 Å². The smallest absolute Gasteiger partial charge is 0.255 e. The van der Waals surface area contributed by atoms with Gasteiger partial charge in [0, 0.05) is 12.1 Å². The highest BCUT2D eigenvalue weighted by Crippen LogP contribution is 2.31. The van der Waals surface area contributed by atoms with Crippen LogP contribution >= 0.6 is 11.8 Å². The Hall–Kier alpha value is -2.08. The molecule has 6 nitrogen and oxygen atoms in total. The van der Waals surface area contributed by atoms with Crippen LogP contribution in [0.3, 0.4) is 0 Å². The summed E-state index contributed by atoms with van der Waals surface area (Å²) in [5.74, 6) is 0. The lowest BCUT2D eigenvalue weighted by Crippen LogP contribution is -2.25. The lowest BCUT2D eigenvalue weighted by molar-refractivity contribution is 0.332. The Balaban J connectivity index is 2.31. The number of allylic oxidation sites excluding steroid dienone is 2. The molecule has 24 heavy (non-hydrogen) atoms. The zero-order valence-electron chi connectivity index (χ0n) is 13.3. The van der Waals surface area contributed by atoms with Gasteiger partial charge < -0.3 is 0 Å². The number of oxime groups is 1. The van der Waals surface area contributed by atoms with Crippen molar-refractivity contribution >= 4 is 32.7 Å². The molecule has 0 saturated heterocycles. The fourth-order valence-corrected chi connectivity index (χ4v) is 3.34. The number of rotatable bonds is 6. The Labute approximate surface area is 146 Å². The van der Waals surface area contributed by atoms with Crippen molar-refractivity contribution in [2.75, 3.05) is 6.54 Å². The summed E-state index contributed by atoms with van der Waals surface area (Å²) < 4.78 is 30.2. The molecule has 1 aromatic carbocycles. The molecule has 0 bridgehead atoms. The van der Waals surface area contributed by atoms with Gasteiger partial charge in [-0.15, -0.1) is 0 Å². The normalized spacial score (nSPS) is 17.8. The van der Waals surface area contributed by atoms with E-state index in [4.69, 9.17) is 0 Å². The van der Waals surface area contributed by atoms with Crippen molar-refractivity contribution in [1.82, 2.24) is 4.72 Å². The minimum Gasteiger partial charge on any atom is -0.255 e. The lowest BCUT2D eigenvalue weighted by atomic mass is 10.0. The summed E-state index contributed by atoms with van der Waals surface area (Å²) in [5, 5.41) is 15.3. The van der Waals surface area contributed by atoms with Gasteiger partial charge in [0.05, 0.1) is 5.57 Å². The molecule has 0 unspecified atom stereocenters. The van der Waals surface area contributed by atoms with Gasteiger partial charge in [0.2, 0.25) is 0 Å². The van der Waals surface area contributed by atoms with E-state index in [1.807, 2.05) is 38.1 Å². The van der Waals surface area contributed by atoms with Gasteiger partial charge in [-0.05, 0) is 30.4 Å². The Kier molecular flexibility index (Phi) is 6.20. The van der Waals surface area contributed by atoms with E-state index in [-0.39, 0.29) is 6.54 Å². The summed E-state index contributed by atoms with van der Waals surface area (Å²) in [6.07, 6.45) is 2.37. The summed E-state index contributed by atoms with van der Waals surface area (Å²) in [6.45, 7) is 4.07. The summed E-state index contributed by atoms with van der Waals surface area (Å²) in [4.78, 5) is 0. The van der Waals surface area contributed by atoms with Crippen molar-refractivity contribution in [3.05, 3.63) is 52.4 Å². The van der Waals surface area contributed by atoms with Gasteiger partial charge >= 0.3 is 10.3 Å². The number of nitriles is 1. The number of thioether (sulfide) groups is 1. The maximum Gasteiger partial charge on any atom is 0.402 e. The molecule has 8 heteroatoms. The van der Waals surface area contributed by atoms with E-state index >= 15 is 0 Å². The molecule has 1 N–H and O–H groups in total. The third kappa shape index (κ3) is 4.71. The first-order valence-corrected chi connectivity index (χ1v) is 9.57. The fraction of sp³-hybridized carbons (Fsp3) is 0.250. The second-order valence-electron chi connectivity index (χ2n) is 5.01. The second kappa shape index (κ2) is 8.15. The molecule has 1 aliphatic heterocycles. The van der Waals surface area contributed by atoms with E-state index in [1.165, 1.54) is 11.8 Å². The number of hydrogen-bond donors (Lipinski definition) is 1. The molecule has 0 fully saturated rings. The Morgan fingerprint density at radius 2 is 2.08 bits per heavy atom. The highest BCUT2D eigenvalue weighted by Gasteiger charge is 2.19. The summed E-state index contributed by atoms with van der Waals surface area (Å²) in [6, 6.07) is 9.66. The van der Waals surface area contributed by atoms with E-state index in [2.05, 4.69) is 20.2 Å². The van der Waals surface area contributed by atoms with E-state index in [1.54, 1.807) is 11.5 Å². The molecule has 0 aliphatic carbocycles. The highest BCUT2D eigenvalue weighted by atomic mass is 32.2. The summed E-state index contributed by atoms with van der Waals surface area (Å²) in [7, 11) is -3.94. The first-order valence-electron chi connectivity index (χ1n) is 7.28. The molecule has 0 radical (unpaired) electrons. The van der Waals surface area contributed by atoms with Crippen LogP contribution < -0.4 is 4.72 Å². The molecule has 1 heterocycles. The third-order valence-corrected chi connectivity index (χ3v) is 4.73. The molecule has 0 aromatic heterocycles. The van der Waals surface area contributed by atoms with Crippen molar-refractivity contribution in [1.29, 1.82) is 5.26 Å². The Morgan fingerprint density at radius 1 is 1.38 bits per heavy atom. The molecule has 2 rings (SSSR count). The van der Waals surface area contributed by atoms with Crippen LogP contribution in [-0.2, 0) is 14.6 Å². The zero-order chi connectivity index (χ0) is 17.6. The van der Waals surface area contributed by atoms with Crippen molar-refractivity contribution in [2.45, 2.75) is 20.3 Å². The minimum absolute atomic E-state index is 0.272. The van der Waals surface area contributed by atoms with Gasteiger partial charge in [-0.1, -0.05) is 53.7 Å². The van der Waals surface area contributed by atoms with Gasteiger partial charge in [0.1, 0.15) is 6.07 Å². The lowest BCUT2D eigenvalue weighted by Gasteiger charge is -2.06. The largest absolute Gasteiger partial charge is 0.402 e. The molecule has 0 saturated carbocycles. The molecule has 1 aliphatic rings. The number of nitrogens with zero attached hydrogens (tertiary/aromatic N) is 2. The second-order valence-corrected chi connectivity index (χ2v) is 7.25. The van der Waals surface area contributed by atoms with E-state index in [0.717, 1.165) is 11.1 Å². The van der Waals surface area contributed by atoms with Crippen molar-refractivity contribution in [3.63, 3.8) is 0 Å². The van der Waals surface area contributed by atoms with Crippen molar-refractivity contribution < 1.29 is 12.7 Å². The van der Waals surface area contributed by atoms with Gasteiger partial charge in [-0.3, -0.25) is 4.28 Å². The fourth-order valence-electron chi connectivity index (χ4n) is 1.90. The van der Waals surface area contributed by atoms with Gasteiger partial charge in [0.15, 0.2) is 5.04 Å². The van der Waals surface area contributed by atoms with E-state index in [9.17, 15) is 13.7 Å². The van der Waals surface area contributed by atoms with Crippen LogP contribution in [0.4, 0.5) is 0 Å². The Bertz CT molecular complexity index is 832. The van der Waals surface area contributed by atoms with Crippen molar-refractivity contribution in [3.8, 4) is 6.07 Å². The zero-order valence-corrected chi connectivity index (χ0v) is 14.9. The van der Waals surface area contributed by atoms with Crippen LogP contribution in [0.5, 0.6) is 0 Å². The van der Waals surface area contributed by atoms with Crippen LogP contribution in [0.2, 0.25) is 0 Å². The average molecular weight is 363 g/mol. The molecule has 0 amide bonds. The standard InChI is InChI=1S/C16H17N3O3S2/c1-3-9-18-24(20,21)22-19-16-14(8-10-23-16)15(11-17)13-6-4-12(2)5-7-13/h4-8,10,18H,3,9H2,1-2H3/b15-14+,19-16-. The predicted octanol–water partition coefficient (Wildman–Crippen LogP) is 3.11. The van der Waals surface area contributed by atoms with Gasteiger partial charge in [-0.25, -0.2) is 0 Å². The molecule has 126 valence electrons. The molecule has 0 spiro atoms. The number of aryl methyl sites for hydroxylation is 1. The molecular formula is C16H17N3O3S2. The molecular weight excluding hydrogens is 346 g/mol. The molecule has 1 aromatic rings. The first-order chi connectivity index (χ1) is 11.5. The third-order valence-electron chi connectivity index (χ3n) is 3.11.